The van der Waals surface area contributed by atoms with Crippen molar-refractivity contribution in [1.82, 2.24) is 9.88 Å². The highest BCUT2D eigenvalue weighted by molar-refractivity contribution is 5.48. The number of rotatable bonds is 6. The van der Waals surface area contributed by atoms with Gasteiger partial charge in [0, 0.05) is 45.0 Å². The molecule has 0 atom stereocenters. The lowest BCUT2D eigenvalue weighted by atomic mass is 10.2. The molecule has 0 radical (unpaired) electrons. The smallest absolute Gasteiger partial charge is 0.295 e. The van der Waals surface area contributed by atoms with Crippen LogP contribution in [0.2, 0.25) is 0 Å². The second kappa shape index (κ2) is 7.89. The van der Waals surface area contributed by atoms with Crippen molar-refractivity contribution >= 4 is 11.7 Å². The SMILES string of the molecule is c1cc(N2CCCC2)ccc1CNc1nc(CN2CCOCC2)co1. The number of anilines is 2. The van der Waals surface area contributed by atoms with Crippen molar-refractivity contribution < 1.29 is 9.15 Å². The number of oxazole rings is 1. The molecule has 0 unspecified atom stereocenters. The average Bonchev–Trinajstić information content (AvgIpc) is 3.33. The van der Waals surface area contributed by atoms with E-state index in [0.29, 0.717) is 6.01 Å². The lowest BCUT2D eigenvalue weighted by molar-refractivity contribution is 0.0336. The highest BCUT2D eigenvalue weighted by atomic mass is 16.5. The Hall–Kier alpha value is -2.05. The zero-order valence-electron chi connectivity index (χ0n) is 14.6. The van der Waals surface area contributed by atoms with E-state index >= 15 is 0 Å². The molecule has 1 aromatic heterocycles. The highest BCUT2D eigenvalue weighted by Gasteiger charge is 2.14. The monoisotopic (exact) mass is 342 g/mol. The second-order valence-corrected chi connectivity index (χ2v) is 6.75. The lowest BCUT2D eigenvalue weighted by Gasteiger charge is -2.25. The maximum Gasteiger partial charge on any atom is 0.295 e. The number of nitrogens with zero attached hydrogens (tertiary/aromatic N) is 3. The maximum atomic E-state index is 5.54. The Morgan fingerprint density at radius 1 is 1.00 bits per heavy atom. The zero-order chi connectivity index (χ0) is 16.9. The first-order chi connectivity index (χ1) is 12.4. The quantitative estimate of drug-likeness (QED) is 0.871. The molecule has 6 heteroatoms. The van der Waals surface area contributed by atoms with Crippen LogP contribution in [0.3, 0.4) is 0 Å². The summed E-state index contributed by atoms with van der Waals surface area (Å²) in [5.41, 5.74) is 3.52. The van der Waals surface area contributed by atoms with Crippen LogP contribution in [0.4, 0.5) is 11.7 Å². The van der Waals surface area contributed by atoms with E-state index in [9.17, 15) is 0 Å². The van der Waals surface area contributed by atoms with Gasteiger partial charge in [-0.05, 0) is 30.5 Å². The molecule has 0 amide bonds. The van der Waals surface area contributed by atoms with Crippen LogP contribution in [-0.2, 0) is 17.8 Å². The minimum absolute atomic E-state index is 0.590. The van der Waals surface area contributed by atoms with Gasteiger partial charge in [-0.1, -0.05) is 12.1 Å². The summed E-state index contributed by atoms with van der Waals surface area (Å²) >= 11 is 0. The summed E-state index contributed by atoms with van der Waals surface area (Å²) in [6, 6.07) is 9.37. The molecule has 1 aromatic carbocycles. The van der Waals surface area contributed by atoms with Gasteiger partial charge in [0.2, 0.25) is 0 Å². The van der Waals surface area contributed by atoms with E-state index in [2.05, 4.69) is 44.4 Å². The molecular formula is C19H26N4O2. The summed E-state index contributed by atoms with van der Waals surface area (Å²) in [5, 5.41) is 3.27. The first-order valence-corrected chi connectivity index (χ1v) is 9.19. The molecule has 4 rings (SSSR count). The summed E-state index contributed by atoms with van der Waals surface area (Å²) in [4.78, 5) is 9.31. The molecule has 134 valence electrons. The third-order valence-electron chi connectivity index (χ3n) is 4.89. The summed E-state index contributed by atoms with van der Waals surface area (Å²) < 4.78 is 10.9. The number of aromatic nitrogens is 1. The van der Waals surface area contributed by atoms with Gasteiger partial charge in [0.05, 0.1) is 18.9 Å². The van der Waals surface area contributed by atoms with Gasteiger partial charge in [-0.3, -0.25) is 4.90 Å². The molecular weight excluding hydrogens is 316 g/mol. The Kier molecular flexibility index (Phi) is 5.18. The number of ether oxygens (including phenoxy) is 1. The van der Waals surface area contributed by atoms with E-state index in [1.54, 1.807) is 6.26 Å². The standard InChI is InChI=1S/C19H26N4O2/c1-2-8-23(7-1)18-5-3-16(4-6-18)13-20-19-21-17(15-25-19)14-22-9-11-24-12-10-22/h3-6,15H,1-2,7-14H2,(H,20,21). The largest absolute Gasteiger partial charge is 0.432 e. The summed E-state index contributed by atoms with van der Waals surface area (Å²) in [5.74, 6) is 0. The summed E-state index contributed by atoms with van der Waals surface area (Å²) in [6.45, 7) is 7.42. The molecule has 2 aromatic rings. The summed E-state index contributed by atoms with van der Waals surface area (Å²) in [7, 11) is 0. The topological polar surface area (TPSA) is 53.8 Å². The molecule has 3 heterocycles. The fourth-order valence-corrected chi connectivity index (χ4v) is 3.43. The van der Waals surface area contributed by atoms with Gasteiger partial charge in [-0.2, -0.15) is 4.98 Å². The number of benzene rings is 1. The molecule has 1 N–H and O–H groups in total. The third-order valence-corrected chi connectivity index (χ3v) is 4.89. The Balaban J connectivity index is 1.27. The first-order valence-electron chi connectivity index (χ1n) is 9.19. The van der Waals surface area contributed by atoms with E-state index in [0.717, 1.165) is 45.1 Å². The minimum atomic E-state index is 0.590. The molecule has 0 bridgehead atoms. The molecule has 2 fully saturated rings. The van der Waals surface area contributed by atoms with Crippen molar-refractivity contribution in [3.63, 3.8) is 0 Å². The van der Waals surface area contributed by atoms with Crippen molar-refractivity contribution in [2.75, 3.05) is 49.6 Å². The van der Waals surface area contributed by atoms with Crippen LogP contribution < -0.4 is 10.2 Å². The number of morpholine rings is 1. The van der Waals surface area contributed by atoms with Gasteiger partial charge in [0.25, 0.3) is 6.01 Å². The van der Waals surface area contributed by atoms with Crippen molar-refractivity contribution in [3.8, 4) is 0 Å². The van der Waals surface area contributed by atoms with E-state index < -0.39 is 0 Å². The molecule has 2 saturated heterocycles. The van der Waals surface area contributed by atoms with Gasteiger partial charge in [-0.15, -0.1) is 0 Å². The van der Waals surface area contributed by atoms with Gasteiger partial charge in [-0.25, -0.2) is 0 Å². The van der Waals surface area contributed by atoms with Crippen molar-refractivity contribution in [1.29, 1.82) is 0 Å². The zero-order valence-corrected chi connectivity index (χ0v) is 14.6. The number of hydrogen-bond donors (Lipinski definition) is 1. The van der Waals surface area contributed by atoms with Crippen LogP contribution in [-0.4, -0.2) is 49.3 Å². The van der Waals surface area contributed by atoms with Crippen LogP contribution in [0, 0.1) is 0 Å². The van der Waals surface area contributed by atoms with E-state index in [1.165, 1.54) is 37.2 Å². The molecule has 0 spiro atoms. The van der Waals surface area contributed by atoms with Crippen molar-refractivity contribution in [2.45, 2.75) is 25.9 Å². The fraction of sp³-hybridized carbons (Fsp3) is 0.526. The Labute approximate surface area is 148 Å². The fourth-order valence-electron chi connectivity index (χ4n) is 3.43. The van der Waals surface area contributed by atoms with Crippen LogP contribution in [0.25, 0.3) is 0 Å². The maximum absolute atomic E-state index is 5.54. The molecule has 25 heavy (non-hydrogen) atoms. The predicted molar refractivity (Wildman–Crippen MR) is 97.8 cm³/mol. The Morgan fingerprint density at radius 3 is 2.52 bits per heavy atom. The molecule has 2 aliphatic rings. The predicted octanol–water partition coefficient (Wildman–Crippen LogP) is 2.72. The normalized spacial score (nSPS) is 18.6. The lowest BCUT2D eigenvalue weighted by Crippen LogP contribution is -2.35. The highest BCUT2D eigenvalue weighted by Crippen LogP contribution is 2.21. The Bertz CT molecular complexity index is 658. The van der Waals surface area contributed by atoms with Gasteiger partial charge in [0.1, 0.15) is 6.26 Å². The Morgan fingerprint density at radius 2 is 1.76 bits per heavy atom. The van der Waals surface area contributed by atoms with Crippen LogP contribution in [0.5, 0.6) is 0 Å². The van der Waals surface area contributed by atoms with E-state index in [-0.39, 0.29) is 0 Å². The molecule has 0 aliphatic carbocycles. The van der Waals surface area contributed by atoms with Crippen LogP contribution >= 0.6 is 0 Å². The van der Waals surface area contributed by atoms with Crippen molar-refractivity contribution in [2.24, 2.45) is 0 Å². The number of nitrogens with one attached hydrogen (secondary N) is 1. The van der Waals surface area contributed by atoms with Crippen LogP contribution in [0.1, 0.15) is 24.1 Å². The summed E-state index contributed by atoms with van der Waals surface area (Å²) in [6.07, 6.45) is 4.36. The van der Waals surface area contributed by atoms with Gasteiger partial charge >= 0.3 is 0 Å². The molecule has 6 nitrogen and oxygen atoms in total. The first kappa shape index (κ1) is 16.4. The molecule has 2 aliphatic heterocycles. The average molecular weight is 342 g/mol. The third kappa shape index (κ3) is 4.32. The van der Waals surface area contributed by atoms with Crippen molar-refractivity contribution in [3.05, 3.63) is 41.8 Å². The van der Waals surface area contributed by atoms with E-state index in [1.807, 2.05) is 0 Å². The number of hydrogen-bond acceptors (Lipinski definition) is 6. The second-order valence-electron chi connectivity index (χ2n) is 6.75. The molecule has 0 saturated carbocycles. The van der Waals surface area contributed by atoms with Gasteiger partial charge in [0.15, 0.2) is 0 Å². The minimum Gasteiger partial charge on any atom is -0.432 e. The van der Waals surface area contributed by atoms with E-state index in [4.69, 9.17) is 9.15 Å². The van der Waals surface area contributed by atoms with Crippen LogP contribution in [0.15, 0.2) is 34.9 Å². The van der Waals surface area contributed by atoms with Gasteiger partial charge < -0.3 is 19.4 Å².